The van der Waals surface area contributed by atoms with E-state index in [2.05, 4.69) is 0 Å². The Bertz CT molecular complexity index is 717. The molecule has 0 radical (unpaired) electrons. The number of carbonyl (C=O) groups is 2. The second kappa shape index (κ2) is 7.94. The summed E-state index contributed by atoms with van der Waals surface area (Å²) in [4.78, 5) is 23.9. The van der Waals surface area contributed by atoms with Gasteiger partial charge in [-0.25, -0.2) is 9.59 Å². The van der Waals surface area contributed by atoms with Gasteiger partial charge in [-0.2, -0.15) is 0 Å². The molecular weight excluding hydrogens is 292 g/mol. The van der Waals surface area contributed by atoms with Crippen molar-refractivity contribution in [3.05, 3.63) is 77.4 Å². The first kappa shape index (κ1) is 16.5. The zero-order valence-corrected chi connectivity index (χ0v) is 13.1. The average Bonchev–Trinajstić information content (AvgIpc) is 2.61. The maximum atomic E-state index is 12.0. The Labute approximate surface area is 135 Å². The zero-order chi connectivity index (χ0) is 16.7. The molecule has 0 aromatic heterocycles. The van der Waals surface area contributed by atoms with E-state index < -0.39 is 11.9 Å². The van der Waals surface area contributed by atoms with Crippen molar-refractivity contribution in [1.29, 1.82) is 0 Å². The molecule has 0 heterocycles. The Kier molecular flexibility index (Phi) is 5.69. The Morgan fingerprint density at radius 3 is 2.30 bits per heavy atom. The summed E-state index contributed by atoms with van der Waals surface area (Å²) < 4.78 is 10.1. The number of hydrogen-bond acceptors (Lipinski definition) is 4. The number of allylic oxidation sites excluding steroid dienone is 1. The standard InChI is InChI=1S/C19H18O4/c1-3-16(19(21)22-2)17-12-8-7-11-15(17)13-23-18(20)14-9-5-4-6-10-14/h3-12H,13H2,1-2H3. The van der Waals surface area contributed by atoms with Crippen LogP contribution in [0.2, 0.25) is 0 Å². The molecule has 0 atom stereocenters. The summed E-state index contributed by atoms with van der Waals surface area (Å²) in [6.07, 6.45) is 1.68. The van der Waals surface area contributed by atoms with Gasteiger partial charge in [-0.3, -0.25) is 0 Å². The summed E-state index contributed by atoms with van der Waals surface area (Å²) in [6.45, 7) is 1.84. The lowest BCUT2D eigenvalue weighted by atomic mass is 10.00. The van der Waals surface area contributed by atoms with Crippen LogP contribution in [-0.4, -0.2) is 19.0 Å². The zero-order valence-electron chi connectivity index (χ0n) is 13.1. The molecule has 0 fully saturated rings. The molecule has 2 aromatic carbocycles. The van der Waals surface area contributed by atoms with Crippen LogP contribution in [-0.2, 0) is 20.9 Å². The first-order valence-electron chi connectivity index (χ1n) is 7.22. The Hall–Kier alpha value is -2.88. The van der Waals surface area contributed by atoms with E-state index in [1.807, 2.05) is 24.3 Å². The van der Waals surface area contributed by atoms with Gasteiger partial charge in [0.15, 0.2) is 0 Å². The molecule has 4 heteroatoms. The average molecular weight is 310 g/mol. The summed E-state index contributed by atoms with van der Waals surface area (Å²) in [5.41, 5.74) is 2.38. The van der Waals surface area contributed by atoms with Crippen molar-refractivity contribution in [2.45, 2.75) is 13.5 Å². The predicted octanol–water partition coefficient (Wildman–Crippen LogP) is 3.62. The number of rotatable bonds is 5. The van der Waals surface area contributed by atoms with Gasteiger partial charge in [0.25, 0.3) is 0 Å². The van der Waals surface area contributed by atoms with Crippen LogP contribution in [0.25, 0.3) is 5.57 Å². The molecule has 0 amide bonds. The molecule has 0 aliphatic carbocycles. The summed E-state index contributed by atoms with van der Waals surface area (Å²) >= 11 is 0. The van der Waals surface area contributed by atoms with Gasteiger partial charge in [-0.15, -0.1) is 0 Å². The fourth-order valence-electron chi connectivity index (χ4n) is 2.20. The van der Waals surface area contributed by atoms with Gasteiger partial charge in [0.1, 0.15) is 6.61 Å². The Balaban J connectivity index is 2.18. The molecular formula is C19H18O4. The van der Waals surface area contributed by atoms with Crippen molar-refractivity contribution in [3.8, 4) is 0 Å². The van der Waals surface area contributed by atoms with Crippen LogP contribution in [0.3, 0.4) is 0 Å². The summed E-state index contributed by atoms with van der Waals surface area (Å²) in [5, 5.41) is 0. The highest BCUT2D eigenvalue weighted by Gasteiger charge is 2.16. The molecule has 0 bridgehead atoms. The van der Waals surface area contributed by atoms with Crippen molar-refractivity contribution in [2.75, 3.05) is 7.11 Å². The number of esters is 2. The molecule has 23 heavy (non-hydrogen) atoms. The first-order valence-corrected chi connectivity index (χ1v) is 7.22. The quantitative estimate of drug-likeness (QED) is 0.625. The Morgan fingerprint density at radius 2 is 1.65 bits per heavy atom. The van der Waals surface area contributed by atoms with Gasteiger partial charge in [0.2, 0.25) is 0 Å². The van der Waals surface area contributed by atoms with E-state index in [9.17, 15) is 9.59 Å². The molecule has 0 spiro atoms. The number of methoxy groups -OCH3 is 1. The van der Waals surface area contributed by atoms with Crippen LogP contribution in [0.1, 0.15) is 28.4 Å². The highest BCUT2D eigenvalue weighted by molar-refractivity contribution is 6.16. The van der Waals surface area contributed by atoms with Crippen LogP contribution in [0.4, 0.5) is 0 Å². The Morgan fingerprint density at radius 1 is 1.00 bits per heavy atom. The molecule has 2 rings (SSSR count). The van der Waals surface area contributed by atoms with E-state index in [-0.39, 0.29) is 6.61 Å². The van der Waals surface area contributed by atoms with Gasteiger partial charge >= 0.3 is 11.9 Å². The molecule has 0 N–H and O–H groups in total. The molecule has 0 saturated carbocycles. The molecule has 0 saturated heterocycles. The van der Waals surface area contributed by atoms with Crippen LogP contribution in [0, 0.1) is 0 Å². The van der Waals surface area contributed by atoms with E-state index in [0.29, 0.717) is 16.7 Å². The highest BCUT2D eigenvalue weighted by Crippen LogP contribution is 2.21. The minimum Gasteiger partial charge on any atom is -0.465 e. The van der Waals surface area contributed by atoms with E-state index in [4.69, 9.17) is 9.47 Å². The van der Waals surface area contributed by atoms with Crippen LogP contribution < -0.4 is 0 Å². The normalized spacial score (nSPS) is 11.0. The van der Waals surface area contributed by atoms with Crippen molar-refractivity contribution in [2.24, 2.45) is 0 Å². The minimum absolute atomic E-state index is 0.0816. The maximum Gasteiger partial charge on any atom is 0.338 e. The van der Waals surface area contributed by atoms with Crippen molar-refractivity contribution in [1.82, 2.24) is 0 Å². The fraction of sp³-hybridized carbons (Fsp3) is 0.158. The molecule has 2 aromatic rings. The van der Waals surface area contributed by atoms with E-state index in [0.717, 1.165) is 5.56 Å². The summed E-state index contributed by atoms with van der Waals surface area (Å²) in [7, 11) is 1.34. The monoisotopic (exact) mass is 310 g/mol. The molecule has 0 aliphatic heterocycles. The highest BCUT2D eigenvalue weighted by atomic mass is 16.5. The van der Waals surface area contributed by atoms with E-state index in [1.54, 1.807) is 43.3 Å². The minimum atomic E-state index is -0.422. The van der Waals surface area contributed by atoms with Crippen LogP contribution >= 0.6 is 0 Å². The van der Waals surface area contributed by atoms with Crippen molar-refractivity contribution in [3.63, 3.8) is 0 Å². The third-order valence-corrected chi connectivity index (χ3v) is 3.37. The predicted molar refractivity (Wildman–Crippen MR) is 87.7 cm³/mol. The lowest BCUT2D eigenvalue weighted by molar-refractivity contribution is -0.133. The lowest BCUT2D eigenvalue weighted by Crippen LogP contribution is -2.09. The van der Waals surface area contributed by atoms with E-state index >= 15 is 0 Å². The third kappa shape index (κ3) is 4.07. The van der Waals surface area contributed by atoms with E-state index in [1.165, 1.54) is 7.11 Å². The fourth-order valence-corrected chi connectivity index (χ4v) is 2.20. The second-order valence-corrected chi connectivity index (χ2v) is 4.79. The number of carbonyl (C=O) groups excluding carboxylic acids is 2. The summed E-state index contributed by atoms with van der Waals surface area (Å²) in [6, 6.07) is 16.1. The van der Waals surface area contributed by atoms with Crippen LogP contribution in [0.15, 0.2) is 60.7 Å². The number of ether oxygens (including phenoxy) is 2. The first-order chi connectivity index (χ1) is 11.2. The van der Waals surface area contributed by atoms with Crippen molar-refractivity contribution >= 4 is 17.5 Å². The third-order valence-electron chi connectivity index (χ3n) is 3.37. The molecule has 118 valence electrons. The van der Waals surface area contributed by atoms with Gasteiger partial charge < -0.3 is 9.47 Å². The molecule has 0 unspecified atom stereocenters. The van der Waals surface area contributed by atoms with Gasteiger partial charge in [0, 0.05) is 0 Å². The number of hydrogen-bond donors (Lipinski definition) is 0. The smallest absolute Gasteiger partial charge is 0.338 e. The number of benzene rings is 2. The summed E-state index contributed by atoms with van der Waals surface area (Å²) in [5.74, 6) is -0.824. The lowest BCUT2D eigenvalue weighted by Gasteiger charge is -2.12. The van der Waals surface area contributed by atoms with Gasteiger partial charge in [0.05, 0.1) is 18.2 Å². The second-order valence-electron chi connectivity index (χ2n) is 4.79. The van der Waals surface area contributed by atoms with Gasteiger partial charge in [-0.1, -0.05) is 48.5 Å². The topological polar surface area (TPSA) is 52.6 Å². The van der Waals surface area contributed by atoms with Gasteiger partial charge in [-0.05, 0) is 30.2 Å². The SMILES string of the molecule is CC=C(C(=O)OC)c1ccccc1COC(=O)c1ccccc1. The molecule has 0 aliphatic rings. The molecule has 4 nitrogen and oxygen atoms in total. The largest absolute Gasteiger partial charge is 0.465 e. The maximum absolute atomic E-state index is 12.0. The van der Waals surface area contributed by atoms with Crippen LogP contribution in [0.5, 0.6) is 0 Å². The van der Waals surface area contributed by atoms with Crippen molar-refractivity contribution < 1.29 is 19.1 Å².